The molecule has 10 heteroatoms. The van der Waals surface area contributed by atoms with Crippen molar-refractivity contribution >= 4 is 17.4 Å². The Bertz CT molecular complexity index is 1290. The van der Waals surface area contributed by atoms with Gasteiger partial charge in [-0.3, -0.25) is 4.79 Å². The molecule has 3 aromatic rings. The number of amides is 1. The summed E-state index contributed by atoms with van der Waals surface area (Å²) in [6.07, 6.45) is -1.76. The van der Waals surface area contributed by atoms with E-state index in [9.17, 15) is 18.0 Å². The highest BCUT2D eigenvalue weighted by Gasteiger charge is 2.47. The molecule has 2 atom stereocenters. The first-order valence-corrected chi connectivity index (χ1v) is 11.1. The normalized spacial score (nSPS) is 20.4. The third-order valence-corrected chi connectivity index (χ3v) is 6.58. The Morgan fingerprint density at radius 2 is 1.88 bits per heavy atom. The minimum atomic E-state index is -4.54. The lowest BCUT2D eigenvalue weighted by molar-refractivity contribution is -0.173. The Morgan fingerprint density at radius 1 is 1.06 bits per heavy atom. The van der Waals surface area contributed by atoms with E-state index >= 15 is 0 Å². The van der Waals surface area contributed by atoms with E-state index in [0.29, 0.717) is 22.7 Å². The molecule has 0 fully saturated rings. The van der Waals surface area contributed by atoms with Crippen LogP contribution in [-0.2, 0) is 12.8 Å². The number of hydrogen-bond donors (Lipinski definition) is 2. The van der Waals surface area contributed by atoms with E-state index in [-0.39, 0.29) is 24.7 Å². The predicted molar refractivity (Wildman–Crippen MR) is 117 cm³/mol. The second-order valence-corrected chi connectivity index (χ2v) is 8.75. The summed E-state index contributed by atoms with van der Waals surface area (Å²) in [5.74, 6) is 0.636. The van der Waals surface area contributed by atoms with Crippen molar-refractivity contribution in [3.63, 3.8) is 0 Å². The summed E-state index contributed by atoms with van der Waals surface area (Å²) in [5, 5.41) is 9.90. The molecule has 2 aromatic carbocycles. The van der Waals surface area contributed by atoms with Crippen LogP contribution in [0.5, 0.6) is 11.5 Å². The molecule has 1 amide bonds. The number of nitrogens with zero attached hydrogens (tertiary/aromatic N) is 2. The van der Waals surface area contributed by atoms with Gasteiger partial charge in [0.05, 0.1) is 6.04 Å². The summed E-state index contributed by atoms with van der Waals surface area (Å²) < 4.78 is 53.5. The largest absolute Gasteiger partial charge is 0.454 e. The molecule has 3 aliphatic rings. The number of carbonyl (C=O) groups excluding carboxylic acids is 1. The van der Waals surface area contributed by atoms with Crippen LogP contribution in [0.3, 0.4) is 0 Å². The fraction of sp³-hybridized carbons (Fsp3) is 0.333. The van der Waals surface area contributed by atoms with Crippen LogP contribution < -0.4 is 20.1 Å². The Balaban J connectivity index is 1.28. The predicted octanol–water partition coefficient (Wildman–Crippen LogP) is 5.01. The van der Waals surface area contributed by atoms with Crippen LogP contribution in [0.1, 0.15) is 52.1 Å². The lowest BCUT2D eigenvalue weighted by atomic mass is 9.96. The van der Waals surface area contributed by atoms with Crippen molar-refractivity contribution in [3.05, 3.63) is 64.8 Å². The lowest BCUT2D eigenvalue weighted by Gasteiger charge is -2.33. The van der Waals surface area contributed by atoms with Crippen molar-refractivity contribution in [1.82, 2.24) is 9.78 Å². The van der Waals surface area contributed by atoms with Crippen molar-refractivity contribution in [1.29, 1.82) is 0 Å². The van der Waals surface area contributed by atoms with Gasteiger partial charge in [0.1, 0.15) is 5.82 Å². The molecule has 6 rings (SSSR count). The second-order valence-electron chi connectivity index (χ2n) is 8.75. The molecule has 7 nitrogen and oxygen atoms in total. The van der Waals surface area contributed by atoms with Gasteiger partial charge in [-0.25, -0.2) is 4.68 Å². The van der Waals surface area contributed by atoms with Crippen LogP contribution in [-0.4, -0.2) is 28.7 Å². The number of ether oxygens (including phenoxy) is 2. The van der Waals surface area contributed by atoms with Crippen LogP contribution in [0.4, 0.5) is 24.7 Å². The van der Waals surface area contributed by atoms with Crippen LogP contribution >= 0.6 is 0 Å². The number of aryl methyl sites for hydroxylation is 2. The standard InChI is InChI=1S/C24H21F3N4O3/c25-24(26,27)21-10-17(15-5-7-19-20(9-15)34-12-33-19)29-22-11-18(30-31(21)22)23(32)28-16-6-4-13-2-1-3-14(13)8-16/h4-9,11,17,21,29H,1-3,10,12H2,(H,28,32)/t17-,21-/m1/s1. The summed E-state index contributed by atoms with van der Waals surface area (Å²) in [6, 6.07) is 9.64. The first-order chi connectivity index (χ1) is 16.3. The monoisotopic (exact) mass is 470 g/mol. The minimum Gasteiger partial charge on any atom is -0.454 e. The average Bonchev–Trinajstić information content (AvgIpc) is 3.55. The summed E-state index contributed by atoms with van der Waals surface area (Å²) in [6.45, 7) is 0.0809. The van der Waals surface area contributed by atoms with E-state index in [2.05, 4.69) is 15.7 Å². The molecule has 2 aliphatic heterocycles. The number of hydrogen-bond acceptors (Lipinski definition) is 5. The van der Waals surface area contributed by atoms with Crippen LogP contribution in [0.25, 0.3) is 0 Å². The average molecular weight is 470 g/mol. The number of benzene rings is 2. The van der Waals surface area contributed by atoms with Crippen LogP contribution in [0, 0.1) is 0 Å². The third kappa shape index (κ3) is 3.63. The first-order valence-electron chi connectivity index (χ1n) is 11.1. The van der Waals surface area contributed by atoms with E-state index in [4.69, 9.17) is 9.47 Å². The van der Waals surface area contributed by atoms with Gasteiger partial charge < -0.3 is 20.1 Å². The van der Waals surface area contributed by atoms with E-state index in [1.807, 2.05) is 18.2 Å². The van der Waals surface area contributed by atoms with Gasteiger partial charge in [0.15, 0.2) is 23.2 Å². The second kappa shape index (κ2) is 7.68. The molecular weight excluding hydrogens is 449 g/mol. The molecule has 0 bridgehead atoms. The number of anilines is 2. The summed E-state index contributed by atoms with van der Waals surface area (Å²) in [7, 11) is 0. The summed E-state index contributed by atoms with van der Waals surface area (Å²) in [4.78, 5) is 12.8. The van der Waals surface area contributed by atoms with E-state index in [1.165, 1.54) is 17.2 Å². The van der Waals surface area contributed by atoms with Gasteiger partial charge in [0.25, 0.3) is 5.91 Å². The molecule has 0 unspecified atom stereocenters. The molecule has 0 radical (unpaired) electrons. The van der Waals surface area contributed by atoms with Gasteiger partial charge in [-0.1, -0.05) is 12.1 Å². The van der Waals surface area contributed by atoms with Crippen molar-refractivity contribution in [2.24, 2.45) is 0 Å². The van der Waals surface area contributed by atoms with E-state index < -0.39 is 24.2 Å². The van der Waals surface area contributed by atoms with Gasteiger partial charge in [-0.2, -0.15) is 18.3 Å². The highest BCUT2D eigenvalue weighted by atomic mass is 19.4. The maximum Gasteiger partial charge on any atom is 0.410 e. The smallest absolute Gasteiger partial charge is 0.410 e. The lowest BCUT2D eigenvalue weighted by Crippen LogP contribution is -2.35. The first kappa shape index (κ1) is 20.9. The zero-order chi connectivity index (χ0) is 23.4. The Hall–Kier alpha value is -3.69. The van der Waals surface area contributed by atoms with E-state index in [0.717, 1.165) is 23.9 Å². The van der Waals surface area contributed by atoms with Gasteiger partial charge in [0.2, 0.25) is 6.79 Å². The zero-order valence-corrected chi connectivity index (χ0v) is 18.0. The molecule has 1 aliphatic carbocycles. The van der Waals surface area contributed by atoms with Gasteiger partial charge in [-0.05, 0) is 60.2 Å². The quantitative estimate of drug-likeness (QED) is 0.563. The maximum atomic E-state index is 14.0. The maximum absolute atomic E-state index is 14.0. The number of carbonyl (C=O) groups is 1. The van der Waals surface area contributed by atoms with Crippen molar-refractivity contribution < 1.29 is 27.4 Å². The SMILES string of the molecule is O=C(Nc1ccc2c(c1)CCC2)c1cc2n(n1)[C@@H](C(F)(F)F)C[C@H](c1ccc3c(c1)OCO3)N2. The number of rotatable bonds is 3. The molecule has 0 spiro atoms. The van der Waals surface area contributed by atoms with Crippen molar-refractivity contribution in [2.75, 3.05) is 17.4 Å². The molecular formula is C24H21F3N4O3. The number of nitrogens with one attached hydrogen (secondary N) is 2. The molecule has 0 saturated carbocycles. The number of aromatic nitrogens is 2. The molecule has 0 saturated heterocycles. The van der Waals surface area contributed by atoms with Crippen LogP contribution in [0.2, 0.25) is 0 Å². The van der Waals surface area contributed by atoms with E-state index in [1.54, 1.807) is 18.2 Å². The van der Waals surface area contributed by atoms with Gasteiger partial charge >= 0.3 is 6.18 Å². The fourth-order valence-electron chi connectivity index (χ4n) is 4.88. The Morgan fingerprint density at radius 3 is 2.74 bits per heavy atom. The number of halogens is 3. The van der Waals surface area contributed by atoms with Gasteiger partial charge in [-0.15, -0.1) is 0 Å². The zero-order valence-electron chi connectivity index (χ0n) is 18.0. The third-order valence-electron chi connectivity index (χ3n) is 6.58. The van der Waals surface area contributed by atoms with Crippen molar-refractivity contribution in [3.8, 4) is 11.5 Å². The summed E-state index contributed by atoms with van der Waals surface area (Å²) >= 11 is 0. The fourth-order valence-corrected chi connectivity index (χ4v) is 4.88. The minimum absolute atomic E-state index is 0.0800. The highest BCUT2D eigenvalue weighted by molar-refractivity contribution is 6.03. The van der Waals surface area contributed by atoms with Crippen molar-refractivity contribution in [2.45, 2.75) is 43.9 Å². The molecule has 2 N–H and O–H groups in total. The van der Waals surface area contributed by atoms with Crippen LogP contribution in [0.15, 0.2) is 42.5 Å². The topological polar surface area (TPSA) is 77.4 Å². The molecule has 3 heterocycles. The Kier molecular flexibility index (Phi) is 4.72. The summed E-state index contributed by atoms with van der Waals surface area (Å²) in [5.41, 5.74) is 3.61. The molecule has 34 heavy (non-hydrogen) atoms. The number of alkyl halides is 3. The Labute approximate surface area is 192 Å². The van der Waals surface area contributed by atoms with Gasteiger partial charge in [0, 0.05) is 18.2 Å². The number of fused-ring (bicyclic) bond motifs is 3. The highest BCUT2D eigenvalue weighted by Crippen LogP contribution is 2.45. The molecule has 176 valence electrons. The molecule has 1 aromatic heterocycles.